The fraction of sp³-hybridized carbons (Fsp3) is 0.857. The first-order valence-electron chi connectivity index (χ1n) is 3.38. The molecule has 0 aromatic heterocycles. The molecule has 0 saturated carbocycles. The molecule has 0 bridgehead atoms. The highest BCUT2D eigenvalue weighted by Gasteiger charge is 2.15. The molecule has 60 valence electrons. The molecule has 0 aliphatic rings. The van der Waals surface area contributed by atoms with Crippen molar-refractivity contribution in [3.63, 3.8) is 0 Å². The van der Waals surface area contributed by atoms with Crippen molar-refractivity contribution >= 4 is 5.91 Å². The van der Waals surface area contributed by atoms with Crippen LogP contribution in [0.2, 0.25) is 0 Å². The predicted molar refractivity (Wildman–Crippen MR) is 39.6 cm³/mol. The largest absolute Gasteiger partial charge is 0.391 e. The number of rotatable bonds is 2. The summed E-state index contributed by atoms with van der Waals surface area (Å²) >= 11 is 0. The molecule has 0 aromatic rings. The molecule has 0 aromatic carbocycles. The smallest absolute Gasteiger partial charge is 0.219 e. The van der Waals surface area contributed by atoms with E-state index in [0.717, 1.165) is 0 Å². The zero-order valence-electron chi connectivity index (χ0n) is 6.96. The van der Waals surface area contributed by atoms with Gasteiger partial charge in [-0.3, -0.25) is 4.79 Å². The summed E-state index contributed by atoms with van der Waals surface area (Å²) < 4.78 is 0. The second-order valence-electron chi connectivity index (χ2n) is 2.61. The quantitative estimate of drug-likeness (QED) is 0.604. The Morgan fingerprint density at radius 2 is 1.90 bits per heavy atom. The predicted octanol–water partition coefficient (Wildman–Crippen LogP) is 0.234. The van der Waals surface area contributed by atoms with Crippen LogP contribution in [0.1, 0.15) is 20.8 Å². The normalized spacial score (nSPS) is 16.1. The van der Waals surface area contributed by atoms with E-state index in [1.165, 1.54) is 11.8 Å². The van der Waals surface area contributed by atoms with Crippen molar-refractivity contribution in [3.05, 3.63) is 0 Å². The van der Waals surface area contributed by atoms with Crippen molar-refractivity contribution in [2.75, 3.05) is 7.05 Å². The third kappa shape index (κ3) is 2.35. The average molecular weight is 145 g/mol. The second-order valence-corrected chi connectivity index (χ2v) is 2.61. The van der Waals surface area contributed by atoms with Crippen molar-refractivity contribution in [1.82, 2.24) is 4.90 Å². The molecule has 0 aliphatic carbocycles. The third-order valence-electron chi connectivity index (χ3n) is 1.81. The summed E-state index contributed by atoms with van der Waals surface area (Å²) in [7, 11) is 1.68. The Bertz CT molecular complexity index is 123. The SMILES string of the molecule is CC(=O)N(C)C(C)C(C)O. The number of amides is 1. The van der Waals surface area contributed by atoms with Crippen LogP contribution >= 0.6 is 0 Å². The number of hydrogen-bond acceptors (Lipinski definition) is 2. The summed E-state index contributed by atoms with van der Waals surface area (Å²) in [5, 5.41) is 9.05. The van der Waals surface area contributed by atoms with Gasteiger partial charge in [-0.2, -0.15) is 0 Å². The maximum atomic E-state index is 10.7. The van der Waals surface area contributed by atoms with E-state index in [-0.39, 0.29) is 11.9 Å². The van der Waals surface area contributed by atoms with Gasteiger partial charge in [0, 0.05) is 14.0 Å². The maximum Gasteiger partial charge on any atom is 0.219 e. The summed E-state index contributed by atoms with van der Waals surface area (Å²) in [6.07, 6.45) is -0.464. The molecule has 0 fully saturated rings. The Balaban J connectivity index is 3.94. The second kappa shape index (κ2) is 3.56. The molecule has 0 aliphatic heterocycles. The van der Waals surface area contributed by atoms with Crippen molar-refractivity contribution < 1.29 is 9.90 Å². The lowest BCUT2D eigenvalue weighted by molar-refractivity contribution is -0.131. The van der Waals surface area contributed by atoms with Gasteiger partial charge >= 0.3 is 0 Å². The van der Waals surface area contributed by atoms with Crippen LogP contribution in [0.5, 0.6) is 0 Å². The number of carbonyl (C=O) groups is 1. The molecule has 1 N–H and O–H groups in total. The Hall–Kier alpha value is -0.570. The van der Waals surface area contributed by atoms with E-state index in [4.69, 9.17) is 5.11 Å². The Morgan fingerprint density at radius 3 is 2.00 bits per heavy atom. The van der Waals surface area contributed by atoms with E-state index < -0.39 is 6.10 Å². The fourth-order valence-corrected chi connectivity index (χ4v) is 0.610. The number of hydrogen-bond donors (Lipinski definition) is 1. The minimum absolute atomic E-state index is 0.0200. The van der Waals surface area contributed by atoms with Crippen LogP contribution in [0.25, 0.3) is 0 Å². The molecule has 0 rings (SSSR count). The van der Waals surface area contributed by atoms with Crippen molar-refractivity contribution in [2.24, 2.45) is 0 Å². The van der Waals surface area contributed by atoms with Gasteiger partial charge in [-0.1, -0.05) is 0 Å². The average Bonchev–Trinajstić information content (AvgIpc) is 1.84. The number of likely N-dealkylation sites (N-methyl/N-ethyl adjacent to an activating group) is 1. The number of aliphatic hydroxyl groups is 1. The minimum Gasteiger partial charge on any atom is -0.391 e. The highest BCUT2D eigenvalue weighted by Crippen LogP contribution is 2.00. The molecule has 0 heterocycles. The van der Waals surface area contributed by atoms with Crippen LogP contribution < -0.4 is 0 Å². The first kappa shape index (κ1) is 9.43. The Labute approximate surface area is 61.6 Å². The van der Waals surface area contributed by atoms with E-state index in [2.05, 4.69) is 0 Å². The Morgan fingerprint density at radius 1 is 1.50 bits per heavy atom. The highest BCUT2D eigenvalue weighted by atomic mass is 16.3. The van der Waals surface area contributed by atoms with Crippen molar-refractivity contribution in [3.8, 4) is 0 Å². The first-order chi connectivity index (χ1) is 4.46. The fourth-order valence-electron chi connectivity index (χ4n) is 0.610. The molecule has 2 atom stereocenters. The van der Waals surface area contributed by atoms with Crippen LogP contribution in [0.3, 0.4) is 0 Å². The maximum absolute atomic E-state index is 10.7. The van der Waals surface area contributed by atoms with E-state index >= 15 is 0 Å². The van der Waals surface area contributed by atoms with Gasteiger partial charge in [0.25, 0.3) is 0 Å². The highest BCUT2D eigenvalue weighted by molar-refractivity contribution is 5.73. The number of nitrogens with zero attached hydrogens (tertiary/aromatic N) is 1. The van der Waals surface area contributed by atoms with Crippen LogP contribution in [0.4, 0.5) is 0 Å². The zero-order chi connectivity index (χ0) is 8.31. The number of aliphatic hydroxyl groups excluding tert-OH is 1. The molecule has 2 unspecified atom stereocenters. The molecular weight excluding hydrogens is 130 g/mol. The van der Waals surface area contributed by atoms with Crippen LogP contribution in [-0.2, 0) is 4.79 Å². The molecule has 3 nitrogen and oxygen atoms in total. The lowest BCUT2D eigenvalue weighted by atomic mass is 10.2. The topological polar surface area (TPSA) is 40.5 Å². The monoisotopic (exact) mass is 145 g/mol. The summed E-state index contributed by atoms with van der Waals surface area (Å²) in [5.41, 5.74) is 0. The van der Waals surface area contributed by atoms with Crippen molar-refractivity contribution in [2.45, 2.75) is 32.9 Å². The summed E-state index contributed by atoms with van der Waals surface area (Å²) in [5.74, 6) is -0.0200. The molecule has 0 spiro atoms. The van der Waals surface area contributed by atoms with E-state index in [0.29, 0.717) is 0 Å². The van der Waals surface area contributed by atoms with Crippen molar-refractivity contribution in [1.29, 1.82) is 0 Å². The van der Waals surface area contributed by atoms with Gasteiger partial charge in [-0.05, 0) is 13.8 Å². The summed E-state index contributed by atoms with van der Waals surface area (Å²) in [4.78, 5) is 12.2. The van der Waals surface area contributed by atoms with Gasteiger partial charge in [-0.15, -0.1) is 0 Å². The van der Waals surface area contributed by atoms with Crippen LogP contribution in [0, 0.1) is 0 Å². The minimum atomic E-state index is -0.464. The van der Waals surface area contributed by atoms with Gasteiger partial charge < -0.3 is 10.0 Å². The molecule has 3 heteroatoms. The molecular formula is C7H15NO2. The van der Waals surface area contributed by atoms with Gasteiger partial charge in [0.2, 0.25) is 5.91 Å². The first-order valence-corrected chi connectivity index (χ1v) is 3.38. The lowest BCUT2D eigenvalue weighted by Crippen LogP contribution is -2.40. The van der Waals surface area contributed by atoms with Gasteiger partial charge in [0.15, 0.2) is 0 Å². The van der Waals surface area contributed by atoms with Gasteiger partial charge in [-0.25, -0.2) is 0 Å². The molecule has 0 saturated heterocycles. The molecule has 10 heavy (non-hydrogen) atoms. The van der Waals surface area contributed by atoms with Gasteiger partial charge in [0.05, 0.1) is 12.1 Å². The van der Waals surface area contributed by atoms with Gasteiger partial charge in [0.1, 0.15) is 0 Å². The van der Waals surface area contributed by atoms with E-state index in [1.54, 1.807) is 14.0 Å². The standard InChI is InChI=1S/C7H15NO2/c1-5(6(2)9)8(4)7(3)10/h5-6,9H,1-4H3. The zero-order valence-corrected chi connectivity index (χ0v) is 6.96. The summed E-state index contributed by atoms with van der Waals surface area (Å²) in [6, 6.07) is -0.0995. The van der Waals surface area contributed by atoms with E-state index in [1.807, 2.05) is 6.92 Å². The van der Waals surface area contributed by atoms with Crippen LogP contribution in [-0.4, -0.2) is 35.1 Å². The molecule has 0 radical (unpaired) electrons. The third-order valence-corrected chi connectivity index (χ3v) is 1.81. The summed E-state index contributed by atoms with van der Waals surface area (Å²) in [6.45, 7) is 4.97. The number of carbonyl (C=O) groups excluding carboxylic acids is 1. The Kier molecular flexibility index (Phi) is 3.36. The lowest BCUT2D eigenvalue weighted by Gasteiger charge is -2.25. The van der Waals surface area contributed by atoms with Crippen LogP contribution in [0.15, 0.2) is 0 Å². The van der Waals surface area contributed by atoms with E-state index in [9.17, 15) is 4.79 Å². The molecule has 1 amide bonds.